The molecule has 1 atom stereocenters. The molecule has 1 amide bonds. The Morgan fingerprint density at radius 2 is 1.86 bits per heavy atom. The van der Waals surface area contributed by atoms with Gasteiger partial charge < -0.3 is 10.4 Å². The first-order valence-corrected chi connectivity index (χ1v) is 6.81. The van der Waals surface area contributed by atoms with Crippen LogP contribution in [-0.4, -0.2) is 23.0 Å². The van der Waals surface area contributed by atoms with Crippen LogP contribution in [0, 0.1) is 12.7 Å². The summed E-state index contributed by atoms with van der Waals surface area (Å²) < 4.78 is 13.5. The van der Waals surface area contributed by atoms with E-state index >= 15 is 0 Å². The number of hydrogen-bond acceptors (Lipinski definition) is 2. The van der Waals surface area contributed by atoms with Gasteiger partial charge in [0.2, 0.25) is 0 Å². The van der Waals surface area contributed by atoms with Crippen LogP contribution in [0.2, 0.25) is 0 Å². The minimum Gasteiger partial charge on any atom is -0.480 e. The summed E-state index contributed by atoms with van der Waals surface area (Å²) in [5.74, 6) is -2.24. The van der Waals surface area contributed by atoms with Crippen molar-refractivity contribution in [2.45, 2.75) is 19.4 Å². The van der Waals surface area contributed by atoms with Crippen LogP contribution in [0.4, 0.5) is 4.39 Å². The number of aryl methyl sites for hydroxylation is 1. The summed E-state index contributed by atoms with van der Waals surface area (Å²) in [5.41, 5.74) is 1.32. The highest BCUT2D eigenvalue weighted by molar-refractivity contribution is 5.96. The van der Waals surface area contributed by atoms with Gasteiger partial charge in [0, 0.05) is 12.0 Å². The van der Waals surface area contributed by atoms with Crippen molar-refractivity contribution in [3.8, 4) is 0 Å². The predicted molar refractivity (Wildman–Crippen MR) is 80.2 cm³/mol. The van der Waals surface area contributed by atoms with Gasteiger partial charge in [-0.15, -0.1) is 0 Å². The lowest BCUT2D eigenvalue weighted by Crippen LogP contribution is -2.42. The number of aliphatic carboxylic acids is 1. The molecular formula is C17H16FNO3. The van der Waals surface area contributed by atoms with Crippen molar-refractivity contribution in [3.63, 3.8) is 0 Å². The van der Waals surface area contributed by atoms with E-state index in [1.54, 1.807) is 31.2 Å². The summed E-state index contributed by atoms with van der Waals surface area (Å²) in [4.78, 5) is 23.4. The van der Waals surface area contributed by atoms with Crippen molar-refractivity contribution in [1.29, 1.82) is 0 Å². The van der Waals surface area contributed by atoms with Gasteiger partial charge >= 0.3 is 5.97 Å². The maximum atomic E-state index is 13.5. The standard InChI is InChI=1S/C17H16FNO3/c1-11-7-8-13(10-14(11)18)16(20)19-15(17(21)22)9-12-5-3-2-4-6-12/h2-8,10,15H,9H2,1H3,(H,19,20)(H,21,22). The fourth-order valence-electron chi connectivity index (χ4n) is 2.03. The number of carboxylic acids is 1. The van der Waals surface area contributed by atoms with E-state index in [-0.39, 0.29) is 12.0 Å². The Bertz CT molecular complexity index is 686. The van der Waals surface area contributed by atoms with Gasteiger partial charge in [0.25, 0.3) is 5.91 Å². The summed E-state index contributed by atoms with van der Waals surface area (Å²) >= 11 is 0. The molecule has 0 aromatic heterocycles. The molecule has 0 radical (unpaired) electrons. The molecule has 0 aliphatic heterocycles. The van der Waals surface area contributed by atoms with E-state index in [1.807, 2.05) is 6.07 Å². The SMILES string of the molecule is Cc1ccc(C(=O)NC(Cc2ccccc2)C(=O)O)cc1F. The van der Waals surface area contributed by atoms with E-state index < -0.39 is 23.7 Å². The lowest BCUT2D eigenvalue weighted by atomic mass is 10.1. The molecule has 114 valence electrons. The van der Waals surface area contributed by atoms with Crippen LogP contribution >= 0.6 is 0 Å². The number of carbonyl (C=O) groups excluding carboxylic acids is 1. The largest absolute Gasteiger partial charge is 0.480 e. The molecule has 0 aliphatic rings. The van der Waals surface area contributed by atoms with E-state index in [0.29, 0.717) is 5.56 Å². The zero-order valence-electron chi connectivity index (χ0n) is 12.0. The Morgan fingerprint density at radius 3 is 2.45 bits per heavy atom. The van der Waals surface area contributed by atoms with E-state index in [1.165, 1.54) is 12.1 Å². The molecule has 0 heterocycles. The van der Waals surface area contributed by atoms with Crippen molar-refractivity contribution in [1.82, 2.24) is 5.32 Å². The average molecular weight is 301 g/mol. The third-order valence-electron chi connectivity index (χ3n) is 3.32. The van der Waals surface area contributed by atoms with Crippen LogP contribution in [0.3, 0.4) is 0 Å². The molecule has 2 aromatic rings. The van der Waals surface area contributed by atoms with Gasteiger partial charge in [-0.05, 0) is 30.2 Å². The van der Waals surface area contributed by atoms with Gasteiger partial charge in [-0.2, -0.15) is 0 Å². The van der Waals surface area contributed by atoms with Crippen molar-refractivity contribution in [2.24, 2.45) is 0 Å². The van der Waals surface area contributed by atoms with Gasteiger partial charge in [0.1, 0.15) is 11.9 Å². The van der Waals surface area contributed by atoms with E-state index in [9.17, 15) is 19.1 Å². The highest BCUT2D eigenvalue weighted by atomic mass is 19.1. The molecule has 0 fully saturated rings. The minimum atomic E-state index is -1.13. The van der Waals surface area contributed by atoms with Gasteiger partial charge in [-0.1, -0.05) is 36.4 Å². The minimum absolute atomic E-state index is 0.0995. The Hall–Kier alpha value is -2.69. The third-order valence-corrected chi connectivity index (χ3v) is 3.32. The lowest BCUT2D eigenvalue weighted by Gasteiger charge is -2.15. The Balaban J connectivity index is 2.12. The predicted octanol–water partition coefficient (Wildman–Crippen LogP) is 2.56. The molecule has 2 rings (SSSR count). The average Bonchev–Trinajstić information content (AvgIpc) is 2.50. The molecule has 0 saturated heterocycles. The lowest BCUT2D eigenvalue weighted by molar-refractivity contribution is -0.139. The Morgan fingerprint density at radius 1 is 1.18 bits per heavy atom. The van der Waals surface area contributed by atoms with Crippen LogP contribution in [0.1, 0.15) is 21.5 Å². The molecule has 2 aromatic carbocycles. The second-order valence-corrected chi connectivity index (χ2v) is 5.02. The zero-order chi connectivity index (χ0) is 16.1. The van der Waals surface area contributed by atoms with Gasteiger partial charge in [-0.25, -0.2) is 9.18 Å². The van der Waals surface area contributed by atoms with E-state index in [2.05, 4.69) is 5.32 Å². The summed E-state index contributed by atoms with van der Waals surface area (Å²) in [6.07, 6.45) is 0.163. The smallest absolute Gasteiger partial charge is 0.326 e. The first kappa shape index (κ1) is 15.7. The van der Waals surface area contributed by atoms with Crippen LogP contribution in [0.25, 0.3) is 0 Å². The topological polar surface area (TPSA) is 66.4 Å². The van der Waals surface area contributed by atoms with Gasteiger partial charge in [-0.3, -0.25) is 4.79 Å². The molecule has 2 N–H and O–H groups in total. The number of halogens is 1. The molecule has 0 aliphatic carbocycles. The van der Waals surface area contributed by atoms with Crippen molar-refractivity contribution >= 4 is 11.9 Å². The number of carbonyl (C=O) groups is 2. The fraction of sp³-hybridized carbons (Fsp3) is 0.176. The molecule has 22 heavy (non-hydrogen) atoms. The van der Waals surface area contributed by atoms with Gasteiger partial charge in [0.15, 0.2) is 0 Å². The van der Waals surface area contributed by atoms with Crippen molar-refractivity contribution < 1.29 is 19.1 Å². The third kappa shape index (κ3) is 3.91. The van der Waals surface area contributed by atoms with E-state index in [0.717, 1.165) is 11.6 Å². The van der Waals surface area contributed by atoms with Gasteiger partial charge in [0.05, 0.1) is 0 Å². The number of benzene rings is 2. The highest BCUT2D eigenvalue weighted by Crippen LogP contribution is 2.10. The molecule has 4 nitrogen and oxygen atoms in total. The highest BCUT2D eigenvalue weighted by Gasteiger charge is 2.21. The second-order valence-electron chi connectivity index (χ2n) is 5.02. The molecular weight excluding hydrogens is 285 g/mol. The maximum absolute atomic E-state index is 13.5. The molecule has 0 bridgehead atoms. The Labute approximate surface area is 127 Å². The quantitative estimate of drug-likeness (QED) is 0.892. The summed E-state index contributed by atoms with van der Waals surface area (Å²) in [5, 5.41) is 11.7. The van der Waals surface area contributed by atoms with Crippen LogP contribution in [0.15, 0.2) is 48.5 Å². The number of hydrogen-bond donors (Lipinski definition) is 2. The monoisotopic (exact) mass is 301 g/mol. The normalized spacial score (nSPS) is 11.7. The second kappa shape index (κ2) is 6.85. The number of rotatable bonds is 5. The summed E-state index contributed by atoms with van der Waals surface area (Å²) in [7, 11) is 0. The van der Waals surface area contributed by atoms with Crippen molar-refractivity contribution in [3.05, 3.63) is 71.0 Å². The summed E-state index contributed by atoms with van der Waals surface area (Å²) in [6.45, 7) is 1.59. The van der Waals surface area contributed by atoms with Crippen LogP contribution in [0.5, 0.6) is 0 Å². The number of amides is 1. The number of carboxylic acid groups (broad SMARTS) is 1. The Kier molecular flexibility index (Phi) is 4.88. The maximum Gasteiger partial charge on any atom is 0.326 e. The molecule has 1 unspecified atom stereocenters. The van der Waals surface area contributed by atoms with Crippen molar-refractivity contribution in [2.75, 3.05) is 0 Å². The fourth-order valence-corrected chi connectivity index (χ4v) is 2.03. The number of nitrogens with one attached hydrogen (secondary N) is 1. The zero-order valence-corrected chi connectivity index (χ0v) is 12.0. The molecule has 0 saturated carbocycles. The van der Waals surface area contributed by atoms with Crippen LogP contribution < -0.4 is 5.32 Å². The molecule has 5 heteroatoms. The van der Waals surface area contributed by atoms with Crippen LogP contribution in [-0.2, 0) is 11.2 Å². The van der Waals surface area contributed by atoms with E-state index in [4.69, 9.17) is 0 Å². The molecule has 0 spiro atoms. The first-order chi connectivity index (χ1) is 10.5. The first-order valence-electron chi connectivity index (χ1n) is 6.81. The summed E-state index contributed by atoms with van der Waals surface area (Å²) in [6, 6.07) is 12.0.